The highest BCUT2D eigenvalue weighted by Gasteiger charge is 2.13. The number of ether oxygens (including phenoxy) is 2. The Bertz CT molecular complexity index is 931. The smallest absolute Gasteiger partial charge is 0.306 e. The van der Waals surface area contributed by atoms with Gasteiger partial charge >= 0.3 is 5.97 Å². The van der Waals surface area contributed by atoms with Gasteiger partial charge in [0, 0.05) is 13.0 Å². The van der Waals surface area contributed by atoms with E-state index in [2.05, 4.69) is 74.6 Å². The SMILES string of the molecule is CCCCC/C=C\C/C=C\C/C=C\CCCCCCCCCOCC(CO)OC(=O)CCCCCCCCCCCCCCC/C=C\C/C=C\CCCCCCC. The predicted molar refractivity (Wildman–Crippen MR) is 251 cm³/mol. The number of carbonyl (C=O) groups is 1. The fourth-order valence-electron chi connectivity index (χ4n) is 7.07. The summed E-state index contributed by atoms with van der Waals surface area (Å²) in [6, 6.07) is 0. The number of unbranched alkanes of at least 4 members (excludes halogenated alkanes) is 28. The zero-order valence-corrected chi connectivity index (χ0v) is 38.1. The lowest BCUT2D eigenvalue weighted by atomic mass is 10.0. The van der Waals surface area contributed by atoms with E-state index in [4.69, 9.17) is 9.47 Å². The first-order chi connectivity index (χ1) is 28.2. The molecule has 0 radical (unpaired) electrons. The van der Waals surface area contributed by atoms with Crippen molar-refractivity contribution in [3.63, 3.8) is 0 Å². The van der Waals surface area contributed by atoms with Crippen molar-refractivity contribution < 1.29 is 19.4 Å². The predicted octanol–water partition coefficient (Wildman–Crippen LogP) is 16.8. The summed E-state index contributed by atoms with van der Waals surface area (Å²) in [5, 5.41) is 9.64. The van der Waals surface area contributed by atoms with Gasteiger partial charge in [-0.15, -0.1) is 0 Å². The Labute approximate surface area is 355 Å². The van der Waals surface area contributed by atoms with Gasteiger partial charge in [0.15, 0.2) is 0 Å². The molecule has 332 valence electrons. The average molecular weight is 797 g/mol. The summed E-state index contributed by atoms with van der Waals surface area (Å²) in [7, 11) is 0. The molecule has 0 aliphatic rings. The molecule has 0 fully saturated rings. The largest absolute Gasteiger partial charge is 0.457 e. The van der Waals surface area contributed by atoms with Crippen LogP contribution in [0.3, 0.4) is 0 Å². The molecule has 0 aliphatic heterocycles. The van der Waals surface area contributed by atoms with Crippen LogP contribution in [0.5, 0.6) is 0 Å². The van der Waals surface area contributed by atoms with Crippen molar-refractivity contribution in [1.29, 1.82) is 0 Å². The number of aliphatic hydroxyl groups is 1. The fraction of sp³-hybridized carbons (Fsp3) is 0.792. The summed E-state index contributed by atoms with van der Waals surface area (Å²) >= 11 is 0. The lowest BCUT2D eigenvalue weighted by molar-refractivity contribution is -0.154. The van der Waals surface area contributed by atoms with E-state index in [1.807, 2.05) is 0 Å². The molecule has 4 nitrogen and oxygen atoms in total. The molecule has 0 spiro atoms. The number of hydrogen-bond donors (Lipinski definition) is 1. The Hall–Kier alpha value is -1.91. The molecular weight excluding hydrogens is 701 g/mol. The monoisotopic (exact) mass is 797 g/mol. The van der Waals surface area contributed by atoms with Crippen LogP contribution in [-0.2, 0) is 14.3 Å². The molecule has 1 atom stereocenters. The number of hydrogen-bond acceptors (Lipinski definition) is 4. The molecule has 0 saturated heterocycles. The molecule has 0 saturated carbocycles. The maximum absolute atomic E-state index is 12.3. The quantitative estimate of drug-likeness (QED) is 0.0379. The average Bonchev–Trinajstić information content (AvgIpc) is 3.22. The van der Waals surface area contributed by atoms with Crippen LogP contribution in [0.4, 0.5) is 0 Å². The minimum Gasteiger partial charge on any atom is -0.457 e. The van der Waals surface area contributed by atoms with Gasteiger partial charge in [0.2, 0.25) is 0 Å². The highest BCUT2D eigenvalue weighted by molar-refractivity contribution is 5.69. The maximum Gasteiger partial charge on any atom is 0.306 e. The fourth-order valence-corrected chi connectivity index (χ4v) is 7.07. The number of aliphatic hydroxyl groups excluding tert-OH is 1. The van der Waals surface area contributed by atoms with E-state index in [0.717, 1.165) is 38.5 Å². The van der Waals surface area contributed by atoms with Crippen molar-refractivity contribution in [2.75, 3.05) is 19.8 Å². The zero-order valence-electron chi connectivity index (χ0n) is 38.1. The third-order valence-electron chi connectivity index (χ3n) is 10.8. The van der Waals surface area contributed by atoms with Crippen LogP contribution in [0.25, 0.3) is 0 Å². The molecular formula is C53H96O4. The van der Waals surface area contributed by atoms with Crippen molar-refractivity contribution in [3.8, 4) is 0 Å². The molecule has 1 N–H and O–H groups in total. The summed E-state index contributed by atoms with van der Waals surface area (Å²) < 4.78 is 11.2. The molecule has 4 heteroatoms. The summed E-state index contributed by atoms with van der Waals surface area (Å²) in [5.41, 5.74) is 0. The van der Waals surface area contributed by atoms with E-state index in [9.17, 15) is 9.90 Å². The molecule has 0 aromatic rings. The lowest BCUT2D eigenvalue weighted by Crippen LogP contribution is -2.27. The summed E-state index contributed by atoms with van der Waals surface area (Å²) in [4.78, 5) is 12.3. The van der Waals surface area contributed by atoms with Gasteiger partial charge in [-0.25, -0.2) is 0 Å². The second kappa shape index (κ2) is 50.2. The Balaban J connectivity index is 3.43. The Morgan fingerprint density at radius 1 is 0.421 bits per heavy atom. The van der Waals surface area contributed by atoms with Crippen LogP contribution in [0.15, 0.2) is 60.8 Å². The van der Waals surface area contributed by atoms with E-state index < -0.39 is 6.10 Å². The van der Waals surface area contributed by atoms with Crippen molar-refractivity contribution in [1.82, 2.24) is 0 Å². The van der Waals surface area contributed by atoms with Crippen molar-refractivity contribution in [3.05, 3.63) is 60.8 Å². The number of allylic oxidation sites excluding steroid dienone is 10. The van der Waals surface area contributed by atoms with E-state index in [-0.39, 0.29) is 19.2 Å². The summed E-state index contributed by atoms with van der Waals surface area (Å²) in [6.07, 6.45) is 67.3. The van der Waals surface area contributed by atoms with Gasteiger partial charge < -0.3 is 14.6 Å². The molecule has 0 aromatic heterocycles. The number of esters is 1. The molecule has 0 rings (SSSR count). The van der Waals surface area contributed by atoms with E-state index in [0.29, 0.717) is 13.0 Å². The second-order valence-electron chi connectivity index (χ2n) is 16.5. The van der Waals surface area contributed by atoms with Crippen LogP contribution < -0.4 is 0 Å². The van der Waals surface area contributed by atoms with Crippen LogP contribution in [0.2, 0.25) is 0 Å². The molecule has 0 amide bonds. The molecule has 0 aromatic carbocycles. The van der Waals surface area contributed by atoms with Crippen molar-refractivity contribution >= 4 is 5.97 Å². The Kier molecular flexibility index (Phi) is 48.6. The van der Waals surface area contributed by atoms with E-state index >= 15 is 0 Å². The third kappa shape index (κ3) is 48.4. The topological polar surface area (TPSA) is 55.8 Å². The normalized spacial score (nSPS) is 12.8. The summed E-state index contributed by atoms with van der Waals surface area (Å²) in [6.45, 7) is 5.31. The van der Waals surface area contributed by atoms with Gasteiger partial charge in [0.25, 0.3) is 0 Å². The maximum atomic E-state index is 12.3. The van der Waals surface area contributed by atoms with Gasteiger partial charge in [0.05, 0.1) is 13.2 Å². The zero-order chi connectivity index (χ0) is 41.2. The molecule has 1 unspecified atom stereocenters. The Morgan fingerprint density at radius 2 is 0.737 bits per heavy atom. The van der Waals surface area contributed by atoms with Crippen LogP contribution in [0, 0.1) is 0 Å². The first-order valence-corrected chi connectivity index (χ1v) is 24.9. The van der Waals surface area contributed by atoms with Gasteiger partial charge in [-0.2, -0.15) is 0 Å². The lowest BCUT2D eigenvalue weighted by Gasteiger charge is -2.16. The first-order valence-electron chi connectivity index (χ1n) is 24.9. The van der Waals surface area contributed by atoms with E-state index in [1.165, 1.54) is 186 Å². The Morgan fingerprint density at radius 3 is 1.14 bits per heavy atom. The van der Waals surface area contributed by atoms with Crippen molar-refractivity contribution in [2.45, 2.75) is 251 Å². The van der Waals surface area contributed by atoms with Crippen molar-refractivity contribution in [2.24, 2.45) is 0 Å². The van der Waals surface area contributed by atoms with Gasteiger partial charge in [0.1, 0.15) is 6.10 Å². The molecule has 0 heterocycles. The molecule has 57 heavy (non-hydrogen) atoms. The third-order valence-corrected chi connectivity index (χ3v) is 10.8. The van der Waals surface area contributed by atoms with Gasteiger partial charge in [-0.1, -0.05) is 216 Å². The second-order valence-corrected chi connectivity index (χ2v) is 16.5. The first kappa shape index (κ1) is 55.1. The van der Waals surface area contributed by atoms with Crippen LogP contribution in [0.1, 0.15) is 245 Å². The highest BCUT2D eigenvalue weighted by atomic mass is 16.6. The standard InChI is InChI=1S/C53H96O4/c1-3-5-7-9-11-13-15-17-19-21-23-25-26-27-28-29-30-32-34-36-38-40-42-44-46-48-53(55)57-52(50-54)51-56-49-47-45-43-41-39-37-35-33-31-24-22-20-18-16-14-12-10-8-6-4-2/h12,14-15,17-18,20-21,23-24,31,52,54H,3-11,13,16,19,22,25-30,32-51H2,1-2H3/b14-12-,17-15-,20-18-,23-21-,31-24-. The minimum absolute atomic E-state index is 0.177. The minimum atomic E-state index is -0.543. The van der Waals surface area contributed by atoms with E-state index in [1.54, 1.807) is 0 Å². The molecule has 0 aliphatic carbocycles. The van der Waals surface area contributed by atoms with Gasteiger partial charge in [-0.3, -0.25) is 4.79 Å². The summed E-state index contributed by atoms with van der Waals surface area (Å²) in [5.74, 6) is -0.204. The van der Waals surface area contributed by atoms with Crippen LogP contribution in [-0.4, -0.2) is 37.0 Å². The molecule has 0 bridgehead atoms. The number of rotatable bonds is 46. The number of carbonyl (C=O) groups excluding carboxylic acids is 1. The van der Waals surface area contributed by atoms with Gasteiger partial charge in [-0.05, 0) is 83.5 Å². The van der Waals surface area contributed by atoms with Crippen LogP contribution >= 0.6 is 0 Å². The highest BCUT2D eigenvalue weighted by Crippen LogP contribution is 2.15.